The average Bonchev–Trinajstić information content (AvgIpc) is 3.45. The van der Waals surface area contributed by atoms with Crippen LogP contribution in [0.2, 0.25) is 5.02 Å². The van der Waals surface area contributed by atoms with Gasteiger partial charge in [0.2, 0.25) is 0 Å². The molecule has 5 nitrogen and oxygen atoms in total. The Morgan fingerprint density at radius 1 is 1.03 bits per heavy atom. The molecular weight excluding hydrogens is 434 g/mol. The Hall–Kier alpha value is -3.33. The maximum atomic E-state index is 13.2. The summed E-state index contributed by atoms with van der Waals surface area (Å²) in [5, 5.41) is 9.83. The molecule has 3 aromatic carbocycles. The SMILES string of the molecule is CC(c1ccccc1Cl)N1CC2CC1CN2C(=O)c1ccc(Oc2cccc(C#N)c2)cc1. The van der Waals surface area contributed by atoms with Crippen LogP contribution in [0.15, 0.2) is 72.8 Å². The minimum absolute atomic E-state index is 0.0607. The predicted octanol–water partition coefficient (Wildman–Crippen LogP) is 5.66. The lowest BCUT2D eigenvalue weighted by molar-refractivity contribution is 0.0569. The van der Waals surface area contributed by atoms with Crippen LogP contribution in [0.3, 0.4) is 0 Å². The lowest BCUT2D eigenvalue weighted by Crippen LogP contribution is -2.49. The van der Waals surface area contributed by atoms with Gasteiger partial charge in [-0.25, -0.2) is 0 Å². The van der Waals surface area contributed by atoms with Crippen molar-refractivity contribution in [3.63, 3.8) is 0 Å². The highest BCUT2D eigenvalue weighted by molar-refractivity contribution is 6.31. The van der Waals surface area contributed by atoms with E-state index in [9.17, 15) is 4.79 Å². The zero-order chi connectivity index (χ0) is 22.9. The quantitative estimate of drug-likeness (QED) is 0.495. The molecule has 166 valence electrons. The second-order valence-corrected chi connectivity index (χ2v) is 9.07. The monoisotopic (exact) mass is 457 g/mol. The van der Waals surface area contributed by atoms with E-state index in [2.05, 4.69) is 24.0 Å². The average molecular weight is 458 g/mol. The molecule has 2 bridgehead atoms. The Bertz CT molecular complexity index is 1220. The Morgan fingerprint density at radius 3 is 2.52 bits per heavy atom. The number of nitriles is 1. The Morgan fingerprint density at radius 2 is 1.82 bits per heavy atom. The molecule has 3 atom stereocenters. The number of piperazine rings is 1. The topological polar surface area (TPSA) is 56.6 Å². The molecular formula is C27H24ClN3O2. The van der Waals surface area contributed by atoms with Gasteiger partial charge in [-0.2, -0.15) is 5.26 Å². The van der Waals surface area contributed by atoms with E-state index in [1.165, 1.54) is 0 Å². The summed E-state index contributed by atoms with van der Waals surface area (Å²) in [4.78, 5) is 17.7. The fourth-order valence-corrected chi connectivity index (χ4v) is 5.30. The maximum absolute atomic E-state index is 13.2. The van der Waals surface area contributed by atoms with Gasteiger partial charge >= 0.3 is 0 Å². The van der Waals surface area contributed by atoms with Gasteiger partial charge in [0.25, 0.3) is 5.91 Å². The highest BCUT2D eigenvalue weighted by Gasteiger charge is 2.47. The molecule has 0 aromatic heterocycles. The fraction of sp³-hybridized carbons (Fsp3) is 0.259. The largest absolute Gasteiger partial charge is 0.457 e. The van der Waals surface area contributed by atoms with E-state index >= 15 is 0 Å². The molecule has 2 aliphatic heterocycles. The molecule has 3 aromatic rings. The summed E-state index contributed by atoms with van der Waals surface area (Å²) in [5.41, 5.74) is 2.34. The molecule has 2 aliphatic rings. The molecule has 3 unspecified atom stereocenters. The van der Waals surface area contributed by atoms with Gasteiger partial charge in [-0.15, -0.1) is 0 Å². The minimum Gasteiger partial charge on any atom is -0.457 e. The number of carbonyl (C=O) groups is 1. The minimum atomic E-state index is 0.0607. The lowest BCUT2D eigenvalue weighted by atomic mass is 10.1. The van der Waals surface area contributed by atoms with Gasteiger partial charge in [0.05, 0.1) is 11.6 Å². The summed E-state index contributed by atoms with van der Waals surface area (Å²) < 4.78 is 5.83. The summed E-state index contributed by atoms with van der Waals surface area (Å²) in [5.74, 6) is 1.28. The van der Waals surface area contributed by atoms with E-state index in [4.69, 9.17) is 21.6 Å². The van der Waals surface area contributed by atoms with Crippen molar-refractivity contribution < 1.29 is 9.53 Å². The molecule has 0 N–H and O–H groups in total. The molecule has 33 heavy (non-hydrogen) atoms. The lowest BCUT2D eigenvalue weighted by Gasteiger charge is -2.38. The number of rotatable bonds is 5. The molecule has 6 heteroatoms. The summed E-state index contributed by atoms with van der Waals surface area (Å²) in [6.45, 7) is 3.79. The first-order chi connectivity index (χ1) is 16.0. The standard InChI is InChI=1S/C27H24ClN3O2/c1-18(25-7-2-3-8-26(25)28)30-16-22-14-21(30)17-31(22)27(32)20-9-11-23(12-10-20)33-24-6-4-5-19(13-24)15-29/h2-13,18,21-22H,14,16-17H2,1H3. The predicted molar refractivity (Wildman–Crippen MR) is 127 cm³/mol. The van der Waals surface area contributed by atoms with Crippen molar-refractivity contribution in [3.8, 4) is 17.6 Å². The van der Waals surface area contributed by atoms with Gasteiger partial charge in [0.15, 0.2) is 0 Å². The maximum Gasteiger partial charge on any atom is 0.254 e. The molecule has 0 spiro atoms. The van der Waals surface area contributed by atoms with E-state index in [-0.39, 0.29) is 18.0 Å². The molecule has 2 saturated heterocycles. The number of likely N-dealkylation sites (tertiary alicyclic amines) is 2. The third-order valence-electron chi connectivity index (χ3n) is 6.70. The number of ether oxygens (including phenoxy) is 1. The third-order valence-corrected chi connectivity index (χ3v) is 7.04. The summed E-state index contributed by atoms with van der Waals surface area (Å²) >= 11 is 6.42. The third kappa shape index (κ3) is 4.20. The molecule has 0 saturated carbocycles. The molecule has 0 aliphatic carbocycles. The first-order valence-corrected chi connectivity index (χ1v) is 11.5. The van der Waals surface area contributed by atoms with Crippen molar-refractivity contribution in [1.29, 1.82) is 5.26 Å². The van der Waals surface area contributed by atoms with Gasteiger partial charge in [0.1, 0.15) is 11.5 Å². The van der Waals surface area contributed by atoms with Gasteiger partial charge in [-0.05, 0) is 67.4 Å². The second-order valence-electron chi connectivity index (χ2n) is 8.66. The van der Waals surface area contributed by atoms with Crippen molar-refractivity contribution in [2.75, 3.05) is 13.1 Å². The molecule has 0 radical (unpaired) electrons. The number of hydrogen-bond acceptors (Lipinski definition) is 4. The van der Waals surface area contributed by atoms with Crippen LogP contribution in [0.1, 0.15) is 40.9 Å². The molecule has 5 rings (SSSR count). The first-order valence-electron chi connectivity index (χ1n) is 11.1. The Kier molecular flexibility index (Phi) is 5.80. The number of halogens is 1. The normalized spacial score (nSPS) is 20.5. The van der Waals surface area contributed by atoms with Gasteiger partial charge < -0.3 is 9.64 Å². The highest BCUT2D eigenvalue weighted by atomic mass is 35.5. The number of amides is 1. The smallest absolute Gasteiger partial charge is 0.254 e. The van der Waals surface area contributed by atoms with E-state index in [1.807, 2.05) is 35.2 Å². The number of carbonyl (C=O) groups excluding carboxylic acids is 1. The van der Waals surface area contributed by atoms with Gasteiger partial charge in [-0.1, -0.05) is 35.9 Å². The Labute approximate surface area is 198 Å². The fourth-order valence-electron chi connectivity index (χ4n) is 5.01. The number of fused-ring (bicyclic) bond motifs is 2. The summed E-state index contributed by atoms with van der Waals surface area (Å²) in [6, 6.07) is 25.1. The van der Waals surface area contributed by atoms with Crippen molar-refractivity contribution in [1.82, 2.24) is 9.80 Å². The van der Waals surface area contributed by atoms with Crippen molar-refractivity contribution in [2.45, 2.75) is 31.5 Å². The van der Waals surface area contributed by atoms with Crippen LogP contribution in [0.5, 0.6) is 11.5 Å². The van der Waals surface area contributed by atoms with E-state index in [0.717, 1.165) is 30.1 Å². The van der Waals surface area contributed by atoms with Crippen LogP contribution < -0.4 is 4.74 Å². The van der Waals surface area contributed by atoms with Gasteiger partial charge in [-0.3, -0.25) is 9.69 Å². The van der Waals surface area contributed by atoms with Crippen LogP contribution in [0.25, 0.3) is 0 Å². The van der Waals surface area contributed by atoms with Crippen molar-refractivity contribution in [3.05, 3.63) is 94.5 Å². The molecule has 2 fully saturated rings. The second kappa shape index (κ2) is 8.90. The summed E-state index contributed by atoms with van der Waals surface area (Å²) in [6.07, 6.45) is 0.997. The summed E-state index contributed by atoms with van der Waals surface area (Å²) in [7, 11) is 0. The van der Waals surface area contributed by atoms with Crippen LogP contribution in [0.4, 0.5) is 0 Å². The number of hydrogen-bond donors (Lipinski definition) is 0. The highest BCUT2D eigenvalue weighted by Crippen LogP contribution is 2.39. The van der Waals surface area contributed by atoms with E-state index in [0.29, 0.717) is 28.7 Å². The van der Waals surface area contributed by atoms with Crippen molar-refractivity contribution in [2.24, 2.45) is 0 Å². The van der Waals surface area contributed by atoms with Gasteiger partial charge in [0, 0.05) is 41.8 Å². The molecule has 1 amide bonds. The van der Waals surface area contributed by atoms with Crippen LogP contribution >= 0.6 is 11.6 Å². The van der Waals surface area contributed by atoms with Crippen LogP contribution in [-0.2, 0) is 0 Å². The van der Waals surface area contributed by atoms with Crippen LogP contribution in [0, 0.1) is 11.3 Å². The molecule has 2 heterocycles. The number of nitrogens with zero attached hydrogens (tertiary/aromatic N) is 3. The van der Waals surface area contributed by atoms with Crippen LogP contribution in [-0.4, -0.2) is 40.9 Å². The van der Waals surface area contributed by atoms with E-state index < -0.39 is 0 Å². The zero-order valence-corrected chi connectivity index (χ0v) is 19.1. The zero-order valence-electron chi connectivity index (χ0n) is 18.3. The first kappa shape index (κ1) is 21.5. The number of benzene rings is 3. The van der Waals surface area contributed by atoms with Crippen molar-refractivity contribution >= 4 is 17.5 Å². The van der Waals surface area contributed by atoms with E-state index in [1.54, 1.807) is 36.4 Å². The Balaban J connectivity index is 1.23.